The number of hydrogen-bond donors (Lipinski definition) is 1. The summed E-state index contributed by atoms with van der Waals surface area (Å²) >= 11 is 0. The van der Waals surface area contributed by atoms with Crippen molar-refractivity contribution in [2.24, 2.45) is 11.8 Å². The molecule has 3 aliphatic rings. The van der Waals surface area contributed by atoms with E-state index < -0.39 is 23.0 Å². The highest BCUT2D eigenvalue weighted by molar-refractivity contribution is 6.23. The summed E-state index contributed by atoms with van der Waals surface area (Å²) in [5.74, 6) is -1.76. The van der Waals surface area contributed by atoms with Crippen LogP contribution in [0.5, 0.6) is 0 Å². The molecule has 0 aromatic heterocycles. The molecular weight excluding hydrogens is 270 g/mol. The number of anilines is 1. The Morgan fingerprint density at radius 2 is 1.81 bits per heavy atom. The van der Waals surface area contributed by atoms with Crippen molar-refractivity contribution >= 4 is 17.5 Å². The van der Waals surface area contributed by atoms with Crippen LogP contribution in [0.3, 0.4) is 0 Å². The van der Waals surface area contributed by atoms with Gasteiger partial charge in [0.05, 0.1) is 29.7 Å². The van der Waals surface area contributed by atoms with E-state index in [0.717, 1.165) is 0 Å². The second kappa shape index (κ2) is 3.81. The third-order valence-corrected chi connectivity index (χ3v) is 4.82. The van der Waals surface area contributed by atoms with Crippen LogP contribution >= 0.6 is 0 Å². The number of aliphatic hydroxyl groups is 1. The Hall–Kier alpha value is -1.98. The van der Waals surface area contributed by atoms with Gasteiger partial charge in [0.2, 0.25) is 11.8 Å². The van der Waals surface area contributed by atoms with Gasteiger partial charge in [-0.15, -0.1) is 0 Å². The lowest BCUT2D eigenvalue weighted by Gasteiger charge is -2.26. The van der Waals surface area contributed by atoms with Gasteiger partial charge in [0, 0.05) is 0 Å². The number of fused-ring (bicyclic) bond motifs is 5. The Labute approximate surface area is 121 Å². The third kappa shape index (κ3) is 1.37. The molecule has 2 fully saturated rings. The van der Waals surface area contributed by atoms with Crippen molar-refractivity contribution in [3.05, 3.63) is 42.5 Å². The molecule has 4 rings (SSSR count). The molecule has 0 saturated carbocycles. The van der Waals surface area contributed by atoms with Gasteiger partial charge < -0.3 is 9.84 Å². The number of carbonyl (C=O) groups excluding carboxylic acids is 2. The van der Waals surface area contributed by atoms with Crippen molar-refractivity contribution in [2.45, 2.75) is 18.1 Å². The molecule has 0 radical (unpaired) electrons. The van der Waals surface area contributed by atoms with E-state index in [9.17, 15) is 14.7 Å². The largest absolute Gasteiger partial charge is 0.393 e. The van der Waals surface area contributed by atoms with Crippen LogP contribution in [0.4, 0.5) is 5.69 Å². The topological polar surface area (TPSA) is 66.8 Å². The van der Waals surface area contributed by atoms with Crippen LogP contribution in [-0.2, 0) is 14.3 Å². The van der Waals surface area contributed by atoms with Crippen molar-refractivity contribution < 1.29 is 19.4 Å². The molecule has 5 nitrogen and oxygen atoms in total. The second-order valence-electron chi connectivity index (χ2n) is 6.04. The van der Waals surface area contributed by atoms with Crippen LogP contribution < -0.4 is 4.90 Å². The van der Waals surface area contributed by atoms with Crippen molar-refractivity contribution in [1.29, 1.82) is 0 Å². The predicted molar refractivity (Wildman–Crippen MR) is 74.4 cm³/mol. The highest BCUT2D eigenvalue weighted by Gasteiger charge is 2.72. The van der Waals surface area contributed by atoms with E-state index in [4.69, 9.17) is 4.74 Å². The van der Waals surface area contributed by atoms with Crippen molar-refractivity contribution in [3.63, 3.8) is 0 Å². The molecule has 0 unspecified atom stereocenters. The molecule has 1 aromatic carbocycles. The number of nitrogens with zero attached hydrogens (tertiary/aromatic N) is 1. The average Bonchev–Trinajstić information content (AvgIpc) is 3.06. The van der Waals surface area contributed by atoms with E-state index in [2.05, 4.69) is 0 Å². The number of hydrogen-bond acceptors (Lipinski definition) is 4. The van der Waals surface area contributed by atoms with Crippen LogP contribution in [-0.4, -0.2) is 34.7 Å². The van der Waals surface area contributed by atoms with E-state index in [1.807, 2.05) is 6.07 Å². The maximum Gasteiger partial charge on any atom is 0.241 e. The van der Waals surface area contributed by atoms with Gasteiger partial charge in [-0.3, -0.25) is 9.59 Å². The fourth-order valence-corrected chi connectivity index (χ4v) is 3.87. The summed E-state index contributed by atoms with van der Waals surface area (Å²) in [4.78, 5) is 26.8. The first kappa shape index (κ1) is 12.7. The first-order chi connectivity index (χ1) is 10.0. The van der Waals surface area contributed by atoms with Gasteiger partial charge in [-0.1, -0.05) is 30.4 Å². The summed E-state index contributed by atoms with van der Waals surface area (Å²) in [5, 5.41) is 9.71. The maximum absolute atomic E-state index is 12.8. The van der Waals surface area contributed by atoms with Crippen LogP contribution in [0.1, 0.15) is 6.92 Å². The van der Waals surface area contributed by atoms with Crippen LogP contribution in [0.25, 0.3) is 0 Å². The van der Waals surface area contributed by atoms with Gasteiger partial charge in [-0.05, 0) is 19.1 Å². The van der Waals surface area contributed by atoms with Crippen molar-refractivity contribution in [1.82, 2.24) is 0 Å². The van der Waals surface area contributed by atoms with Crippen LogP contribution in [0.15, 0.2) is 42.5 Å². The molecule has 21 heavy (non-hydrogen) atoms. The highest BCUT2D eigenvalue weighted by Crippen LogP contribution is 2.57. The molecule has 5 heteroatoms. The van der Waals surface area contributed by atoms with Gasteiger partial charge >= 0.3 is 0 Å². The minimum absolute atomic E-state index is 0.252. The first-order valence-electron chi connectivity index (χ1n) is 6.97. The van der Waals surface area contributed by atoms with E-state index in [1.165, 1.54) is 4.90 Å². The molecule has 4 atom stereocenters. The monoisotopic (exact) mass is 285 g/mol. The molecule has 0 aliphatic carbocycles. The number of para-hydroxylation sites is 1. The fourth-order valence-electron chi connectivity index (χ4n) is 3.87. The van der Waals surface area contributed by atoms with Gasteiger partial charge in [-0.2, -0.15) is 0 Å². The van der Waals surface area contributed by atoms with Gasteiger partial charge in [0.25, 0.3) is 0 Å². The predicted octanol–water partition coefficient (Wildman–Crippen LogP) is 0.882. The van der Waals surface area contributed by atoms with E-state index >= 15 is 0 Å². The van der Waals surface area contributed by atoms with Crippen LogP contribution in [0.2, 0.25) is 0 Å². The Morgan fingerprint density at radius 1 is 1.14 bits per heavy atom. The normalized spacial score (nSPS) is 40.2. The Kier molecular flexibility index (Phi) is 2.31. The minimum atomic E-state index is -1.06. The standard InChI is InChI=1S/C16H15NO4/c1-15-7-8-16(9-18,21-15)12-11(15)13(19)17(14(12)20)10-5-3-2-4-6-10/h2-8,11-12,18H,9H2,1H3/t11-,12-,15-,16-/m0/s1. The maximum atomic E-state index is 12.8. The zero-order valence-electron chi connectivity index (χ0n) is 11.5. The number of aliphatic hydroxyl groups excluding tert-OH is 1. The summed E-state index contributed by atoms with van der Waals surface area (Å²) in [6, 6.07) is 8.88. The van der Waals surface area contributed by atoms with Gasteiger partial charge in [0.15, 0.2) is 0 Å². The summed E-state index contributed by atoms with van der Waals surface area (Å²) < 4.78 is 5.86. The smallest absolute Gasteiger partial charge is 0.241 e. The lowest BCUT2D eigenvalue weighted by molar-refractivity contribution is -0.131. The molecule has 0 spiro atoms. The summed E-state index contributed by atoms with van der Waals surface area (Å²) in [6.07, 6.45) is 3.53. The number of carbonyl (C=O) groups is 2. The van der Waals surface area contributed by atoms with E-state index in [-0.39, 0.29) is 18.4 Å². The minimum Gasteiger partial charge on any atom is -0.393 e. The van der Waals surface area contributed by atoms with E-state index in [0.29, 0.717) is 5.69 Å². The number of amides is 2. The summed E-state index contributed by atoms with van der Waals surface area (Å²) in [7, 11) is 0. The number of rotatable bonds is 2. The zero-order valence-corrected chi connectivity index (χ0v) is 11.5. The van der Waals surface area contributed by atoms with Crippen molar-refractivity contribution in [3.8, 4) is 0 Å². The molecule has 3 heterocycles. The van der Waals surface area contributed by atoms with Crippen molar-refractivity contribution in [2.75, 3.05) is 11.5 Å². The van der Waals surface area contributed by atoms with E-state index in [1.54, 1.807) is 43.3 Å². The Morgan fingerprint density at radius 3 is 2.48 bits per heavy atom. The zero-order chi connectivity index (χ0) is 14.8. The first-order valence-corrected chi connectivity index (χ1v) is 6.97. The summed E-state index contributed by atoms with van der Waals surface area (Å²) in [5.41, 5.74) is -1.31. The number of ether oxygens (including phenoxy) is 1. The molecule has 3 aliphatic heterocycles. The quantitative estimate of drug-likeness (QED) is 0.647. The second-order valence-corrected chi connectivity index (χ2v) is 6.04. The summed E-state index contributed by atoms with van der Waals surface area (Å²) in [6.45, 7) is 1.49. The molecule has 108 valence electrons. The molecule has 1 aromatic rings. The fraction of sp³-hybridized carbons (Fsp3) is 0.375. The molecule has 2 bridgehead atoms. The molecule has 2 saturated heterocycles. The van der Waals surface area contributed by atoms with Crippen LogP contribution in [0, 0.1) is 11.8 Å². The third-order valence-electron chi connectivity index (χ3n) is 4.82. The molecule has 2 amide bonds. The van der Waals surface area contributed by atoms with Gasteiger partial charge in [0.1, 0.15) is 5.60 Å². The SMILES string of the molecule is C[C@@]12C=C[C@@](CO)(O1)[C@@H]1C(=O)N(c3ccccc3)C(=O)[C@H]12. The molecular formula is C16H15NO4. The Bertz CT molecular complexity index is 670. The lowest BCUT2D eigenvalue weighted by atomic mass is 9.73. The number of benzene rings is 1. The molecule has 1 N–H and O–H groups in total. The Balaban J connectivity index is 1.83. The number of imide groups is 1. The lowest BCUT2D eigenvalue weighted by Crippen LogP contribution is -2.43. The highest BCUT2D eigenvalue weighted by atomic mass is 16.5. The van der Waals surface area contributed by atoms with Gasteiger partial charge in [-0.25, -0.2) is 4.90 Å². The average molecular weight is 285 g/mol.